The first-order valence-electron chi connectivity index (χ1n) is 28.8. The summed E-state index contributed by atoms with van der Waals surface area (Å²) in [6.45, 7) is 8.96. The Morgan fingerprint density at radius 1 is 0.726 bits per heavy atom. The van der Waals surface area contributed by atoms with E-state index >= 15 is 0 Å². The normalized spacial score (nSPS) is 15.0. The number of hydrogen-bond acceptors (Lipinski definition) is 13. The number of nitrogens with one attached hydrogen (secondary N) is 3. The average Bonchev–Trinajstić information content (AvgIpc) is 3.43. The number of piperidine rings is 1. The Morgan fingerprint density at radius 2 is 1.38 bits per heavy atom. The lowest BCUT2D eigenvalue weighted by molar-refractivity contribution is -0.161. The third-order valence-corrected chi connectivity index (χ3v) is 17.1. The molecular weight excluding hydrogens is 1090 g/mol. The molecule has 1 unspecified atom stereocenters. The molecule has 4 amide bonds. The van der Waals surface area contributed by atoms with Crippen molar-refractivity contribution in [3.05, 3.63) is 150 Å². The van der Waals surface area contributed by atoms with Gasteiger partial charge in [-0.15, -0.1) is 0 Å². The van der Waals surface area contributed by atoms with E-state index in [2.05, 4.69) is 16.0 Å². The van der Waals surface area contributed by atoms with Crippen LogP contribution in [-0.2, 0) is 62.8 Å². The van der Waals surface area contributed by atoms with Crippen LogP contribution in [0.4, 0.5) is 5.69 Å². The van der Waals surface area contributed by atoms with Gasteiger partial charge in [-0.1, -0.05) is 113 Å². The third kappa shape index (κ3) is 18.7. The molecule has 6 rings (SSSR count). The van der Waals surface area contributed by atoms with Gasteiger partial charge in [-0.3, -0.25) is 24.0 Å². The van der Waals surface area contributed by atoms with Crippen LogP contribution in [0.3, 0.4) is 0 Å². The number of methoxy groups -OCH3 is 3. The first-order chi connectivity index (χ1) is 40.1. The van der Waals surface area contributed by atoms with Crippen molar-refractivity contribution in [2.24, 2.45) is 11.3 Å². The van der Waals surface area contributed by atoms with Gasteiger partial charge in [-0.2, -0.15) is 4.31 Å². The quantitative estimate of drug-likeness (QED) is 0.0242. The van der Waals surface area contributed by atoms with E-state index in [4.69, 9.17) is 18.9 Å². The zero-order valence-corrected chi connectivity index (χ0v) is 50.5. The lowest BCUT2D eigenvalue weighted by atomic mass is 9.84. The van der Waals surface area contributed by atoms with Crippen LogP contribution in [0.25, 0.3) is 0 Å². The number of aryl methyl sites for hydroxylation is 1. The number of carbonyl (C=O) groups excluding carboxylic acids is 6. The molecule has 5 atom stereocenters. The topological polar surface area (TPSA) is 236 Å². The zero-order chi connectivity index (χ0) is 61.0. The zero-order valence-electron chi connectivity index (χ0n) is 49.6. The SMILES string of the molecule is CCC(C)(C)C(=O)C(=O)N1CCCC[C@H]1C(=O)OC[C@H](CCc1ccc(OC)c(OC)c1)c1cccc(NC(=O)CCC(=O)NC(Cc2ccccc2)C(=O)N[C@H](Cc2ccccc2)[C@@H](O)CN(CC(C)C)S(=O)(=O)c2ccc(OC)cc2)c1. The molecule has 84 heavy (non-hydrogen) atoms. The van der Waals surface area contributed by atoms with E-state index in [1.165, 1.54) is 28.4 Å². The van der Waals surface area contributed by atoms with Gasteiger partial charge in [0, 0.05) is 55.9 Å². The van der Waals surface area contributed by atoms with Crippen LogP contribution in [0.5, 0.6) is 17.2 Å². The summed E-state index contributed by atoms with van der Waals surface area (Å²) >= 11 is 0. The second-order valence-corrected chi connectivity index (χ2v) is 24.3. The number of hydrogen-bond donors (Lipinski definition) is 4. The van der Waals surface area contributed by atoms with Crippen molar-refractivity contribution in [2.45, 2.75) is 134 Å². The lowest BCUT2D eigenvalue weighted by Gasteiger charge is -2.35. The lowest BCUT2D eigenvalue weighted by Crippen LogP contribution is -2.56. The fourth-order valence-corrected chi connectivity index (χ4v) is 11.6. The van der Waals surface area contributed by atoms with Gasteiger partial charge in [0.25, 0.3) is 5.91 Å². The van der Waals surface area contributed by atoms with Gasteiger partial charge in [0.15, 0.2) is 11.5 Å². The summed E-state index contributed by atoms with van der Waals surface area (Å²) < 4.78 is 51.7. The fraction of sp³-hybridized carbons (Fsp3) is 0.446. The Labute approximate surface area is 495 Å². The van der Waals surface area contributed by atoms with Crippen LogP contribution in [0.1, 0.15) is 108 Å². The molecule has 452 valence electrons. The number of ether oxygens (including phenoxy) is 4. The average molecular weight is 1170 g/mol. The van der Waals surface area contributed by atoms with Crippen molar-refractivity contribution < 1.29 is 61.2 Å². The number of Topliss-reactive ketones (excluding diaryl/α,β-unsaturated/α-hetero) is 1. The Balaban J connectivity index is 1.16. The minimum Gasteiger partial charge on any atom is -0.497 e. The summed E-state index contributed by atoms with van der Waals surface area (Å²) in [5.41, 5.74) is 2.72. The van der Waals surface area contributed by atoms with Gasteiger partial charge in [0.2, 0.25) is 33.5 Å². The number of ketones is 1. The molecule has 18 nitrogen and oxygen atoms in total. The van der Waals surface area contributed by atoms with Crippen LogP contribution < -0.4 is 30.2 Å². The molecule has 0 aromatic heterocycles. The van der Waals surface area contributed by atoms with Crippen molar-refractivity contribution in [1.29, 1.82) is 0 Å². The van der Waals surface area contributed by atoms with Crippen molar-refractivity contribution in [3.8, 4) is 17.2 Å². The van der Waals surface area contributed by atoms with Gasteiger partial charge < -0.3 is 44.9 Å². The first-order valence-corrected chi connectivity index (χ1v) is 30.2. The number of anilines is 1. The van der Waals surface area contributed by atoms with Gasteiger partial charge in [0.05, 0.1) is 45.0 Å². The summed E-state index contributed by atoms with van der Waals surface area (Å²) in [5, 5.41) is 20.7. The minimum atomic E-state index is -4.12. The number of sulfonamides is 1. The third-order valence-electron chi connectivity index (χ3n) is 15.3. The maximum absolute atomic E-state index is 14.5. The number of amides is 4. The molecule has 0 bridgehead atoms. The number of carbonyl (C=O) groups is 6. The van der Waals surface area contributed by atoms with Gasteiger partial charge in [-0.05, 0) is 122 Å². The van der Waals surface area contributed by atoms with Crippen molar-refractivity contribution in [2.75, 3.05) is 52.9 Å². The monoisotopic (exact) mass is 1170 g/mol. The molecular formula is C65H83N5O13S. The molecule has 1 fully saturated rings. The Morgan fingerprint density at radius 3 is 2.01 bits per heavy atom. The first kappa shape index (κ1) is 65.5. The highest BCUT2D eigenvalue weighted by atomic mass is 32.2. The summed E-state index contributed by atoms with van der Waals surface area (Å²) in [7, 11) is 0.470. The molecule has 5 aromatic rings. The molecule has 0 saturated carbocycles. The van der Waals surface area contributed by atoms with Crippen LogP contribution in [-0.4, -0.2) is 130 Å². The fourth-order valence-electron chi connectivity index (χ4n) is 9.99. The van der Waals surface area contributed by atoms with Crippen molar-refractivity contribution >= 4 is 51.1 Å². The molecule has 4 N–H and O–H groups in total. The Bertz CT molecular complexity index is 3100. The molecule has 0 radical (unpaired) electrons. The highest BCUT2D eigenvalue weighted by Gasteiger charge is 2.41. The molecule has 1 aliphatic heterocycles. The second kappa shape index (κ2) is 31.3. The number of nitrogens with zero attached hydrogens (tertiary/aromatic N) is 2. The number of aliphatic hydroxyl groups excluding tert-OH is 1. The van der Waals surface area contributed by atoms with E-state index in [9.17, 15) is 42.3 Å². The van der Waals surface area contributed by atoms with Gasteiger partial charge >= 0.3 is 5.97 Å². The van der Waals surface area contributed by atoms with Crippen molar-refractivity contribution in [1.82, 2.24) is 19.8 Å². The number of aliphatic hydroxyl groups is 1. The van der Waals surface area contributed by atoms with Crippen LogP contribution >= 0.6 is 0 Å². The minimum absolute atomic E-state index is 0.0149. The molecule has 1 heterocycles. The molecule has 19 heteroatoms. The van der Waals surface area contributed by atoms with Crippen LogP contribution in [0, 0.1) is 11.3 Å². The Kier molecular flexibility index (Phi) is 24.4. The molecule has 1 saturated heterocycles. The number of rotatable bonds is 31. The van der Waals surface area contributed by atoms with E-state index in [0.717, 1.165) is 22.3 Å². The van der Waals surface area contributed by atoms with E-state index in [1.54, 1.807) is 70.5 Å². The largest absolute Gasteiger partial charge is 0.497 e. The molecule has 1 aliphatic rings. The van der Waals surface area contributed by atoms with E-state index < -0.39 is 81.0 Å². The summed E-state index contributed by atoms with van der Waals surface area (Å²) in [6.07, 6.45) is 1.44. The number of esters is 1. The summed E-state index contributed by atoms with van der Waals surface area (Å²) in [6, 6.07) is 33.9. The predicted octanol–water partition coefficient (Wildman–Crippen LogP) is 8.24. The molecule has 0 spiro atoms. The number of likely N-dealkylation sites (tertiary alicyclic amines) is 1. The summed E-state index contributed by atoms with van der Waals surface area (Å²) in [4.78, 5) is 84.2. The highest BCUT2D eigenvalue weighted by molar-refractivity contribution is 7.89. The molecule has 5 aromatic carbocycles. The maximum Gasteiger partial charge on any atom is 0.328 e. The van der Waals surface area contributed by atoms with Crippen LogP contribution in [0.15, 0.2) is 132 Å². The second-order valence-electron chi connectivity index (χ2n) is 22.4. The smallest absolute Gasteiger partial charge is 0.328 e. The molecule has 0 aliphatic carbocycles. The van der Waals surface area contributed by atoms with Crippen molar-refractivity contribution in [3.63, 3.8) is 0 Å². The summed E-state index contributed by atoms with van der Waals surface area (Å²) in [5.74, 6) is -2.43. The van der Waals surface area contributed by atoms with E-state index in [0.29, 0.717) is 61.5 Å². The maximum atomic E-state index is 14.5. The highest BCUT2D eigenvalue weighted by Crippen LogP contribution is 2.32. The number of benzene rings is 5. The van der Waals surface area contributed by atoms with E-state index in [-0.39, 0.29) is 62.7 Å². The standard InChI is InChI=1S/C65H83N5O13S/c1-9-65(4,5)61(74)63(76)70-36-17-16-25-55(70)64(77)83-43-49(28-26-47-27-33-57(81-7)58(39-47)82-8)48-23-18-24-50(40-48)66-59(72)34-35-60(73)67-54(38-46-21-14-11-15-22-46)62(75)68-53(37-45-19-12-10-13-20-45)56(71)42-69(41-44(2)3)84(78,79)52-31-29-51(80-6)30-32-52/h10-15,18-24,27,29-33,39-40,44,49,53-56,71H,9,16-17,25-26,28,34-38,41-43H2,1-8H3,(H,66,72)(H,67,73)(H,68,75)/t49-,53+,54?,55-,56-/m0/s1. The van der Waals surface area contributed by atoms with E-state index in [1.807, 2.05) is 93.6 Å². The predicted molar refractivity (Wildman–Crippen MR) is 321 cm³/mol. The van der Waals surface area contributed by atoms with Gasteiger partial charge in [0.1, 0.15) is 17.8 Å². The van der Waals surface area contributed by atoms with Crippen LogP contribution in [0.2, 0.25) is 0 Å². The van der Waals surface area contributed by atoms with Gasteiger partial charge in [-0.25, -0.2) is 13.2 Å². The Hall–Kier alpha value is -7.61.